The van der Waals surface area contributed by atoms with Crippen LogP contribution in [0.3, 0.4) is 0 Å². The molecular formula is C17H21NO4. The number of carbonyl (C=O) groups excluding carboxylic acids is 2. The lowest BCUT2D eigenvalue weighted by molar-refractivity contribution is 0.0518. The summed E-state index contributed by atoms with van der Waals surface area (Å²) in [6.07, 6.45) is 1.25. The number of fused-ring (bicyclic) bond motifs is 1. The Labute approximate surface area is 129 Å². The van der Waals surface area contributed by atoms with Gasteiger partial charge in [-0.3, -0.25) is 4.57 Å². The van der Waals surface area contributed by atoms with E-state index >= 15 is 0 Å². The van der Waals surface area contributed by atoms with Gasteiger partial charge in [-0.2, -0.15) is 0 Å². The molecule has 0 saturated carbocycles. The maximum Gasteiger partial charge on any atom is 0.419 e. The molecule has 1 aromatic carbocycles. The van der Waals surface area contributed by atoms with Gasteiger partial charge in [-0.15, -0.1) is 0 Å². The summed E-state index contributed by atoms with van der Waals surface area (Å²) < 4.78 is 11.8. The van der Waals surface area contributed by atoms with Gasteiger partial charge < -0.3 is 9.47 Å². The first-order valence-corrected chi connectivity index (χ1v) is 7.25. The minimum absolute atomic E-state index is 0.309. The average Bonchev–Trinajstić information content (AvgIpc) is 2.74. The topological polar surface area (TPSA) is 57.5 Å². The summed E-state index contributed by atoms with van der Waals surface area (Å²) in [6.45, 7) is 9.41. The summed E-state index contributed by atoms with van der Waals surface area (Å²) in [5.74, 6) is -0.404. The molecule has 0 spiro atoms. The number of hydrogen-bond donors (Lipinski definition) is 0. The zero-order valence-corrected chi connectivity index (χ0v) is 13.6. The lowest BCUT2D eigenvalue weighted by Gasteiger charge is -2.19. The lowest BCUT2D eigenvalue weighted by atomic mass is 10.1. The van der Waals surface area contributed by atoms with Gasteiger partial charge in [0.2, 0.25) is 0 Å². The average molecular weight is 303 g/mol. The van der Waals surface area contributed by atoms with Gasteiger partial charge in [0.05, 0.1) is 17.7 Å². The number of esters is 1. The Hall–Kier alpha value is -2.30. The Bertz CT molecular complexity index is 722. The molecule has 0 aliphatic rings. The summed E-state index contributed by atoms with van der Waals surface area (Å²) in [6, 6.07) is 5.18. The Morgan fingerprint density at radius 3 is 2.50 bits per heavy atom. The van der Waals surface area contributed by atoms with Crippen molar-refractivity contribution in [3.63, 3.8) is 0 Å². The number of carbonyl (C=O) groups is 2. The summed E-state index contributed by atoms with van der Waals surface area (Å²) in [7, 11) is 0. The Morgan fingerprint density at radius 2 is 1.91 bits per heavy atom. The molecule has 0 aliphatic carbocycles. The maximum atomic E-state index is 12.3. The third-order valence-electron chi connectivity index (χ3n) is 3.11. The Balaban J connectivity index is 2.48. The summed E-state index contributed by atoms with van der Waals surface area (Å²) in [4.78, 5) is 24.2. The van der Waals surface area contributed by atoms with Gasteiger partial charge in [-0.25, -0.2) is 9.59 Å². The minimum Gasteiger partial charge on any atom is -0.462 e. The second-order valence-corrected chi connectivity index (χ2v) is 6.11. The molecule has 22 heavy (non-hydrogen) atoms. The van der Waals surface area contributed by atoms with E-state index in [1.54, 1.807) is 25.3 Å². The van der Waals surface area contributed by atoms with Gasteiger partial charge in [0.15, 0.2) is 0 Å². The number of nitrogens with zero attached hydrogens (tertiary/aromatic N) is 1. The van der Waals surface area contributed by atoms with E-state index in [0.717, 1.165) is 10.9 Å². The molecule has 1 aromatic heterocycles. The van der Waals surface area contributed by atoms with Crippen LogP contribution in [0.25, 0.3) is 10.9 Å². The van der Waals surface area contributed by atoms with Gasteiger partial charge in [-0.05, 0) is 52.3 Å². The molecule has 1 heterocycles. The molecular weight excluding hydrogens is 282 g/mol. The fourth-order valence-corrected chi connectivity index (χ4v) is 2.20. The van der Waals surface area contributed by atoms with E-state index in [1.807, 2.05) is 33.8 Å². The molecule has 5 heteroatoms. The van der Waals surface area contributed by atoms with Gasteiger partial charge in [0.25, 0.3) is 0 Å². The van der Waals surface area contributed by atoms with Crippen molar-refractivity contribution >= 4 is 23.0 Å². The van der Waals surface area contributed by atoms with Gasteiger partial charge in [0, 0.05) is 11.6 Å². The highest BCUT2D eigenvalue weighted by Gasteiger charge is 2.20. The molecule has 0 fully saturated rings. The van der Waals surface area contributed by atoms with Crippen LogP contribution in [0.5, 0.6) is 0 Å². The van der Waals surface area contributed by atoms with Crippen LogP contribution in [0.1, 0.15) is 43.6 Å². The zero-order chi connectivity index (χ0) is 16.5. The van der Waals surface area contributed by atoms with E-state index in [1.165, 1.54) is 4.57 Å². The van der Waals surface area contributed by atoms with Crippen molar-refractivity contribution in [2.45, 2.75) is 40.2 Å². The summed E-state index contributed by atoms with van der Waals surface area (Å²) in [5, 5.41) is 0.902. The maximum absolute atomic E-state index is 12.3. The first kappa shape index (κ1) is 16.1. The molecule has 0 saturated heterocycles. The fourth-order valence-electron chi connectivity index (χ4n) is 2.20. The van der Waals surface area contributed by atoms with Crippen molar-refractivity contribution in [3.05, 3.63) is 35.5 Å². The van der Waals surface area contributed by atoms with Crippen molar-refractivity contribution < 1.29 is 19.1 Å². The van der Waals surface area contributed by atoms with E-state index in [2.05, 4.69) is 0 Å². The number of aryl methyl sites for hydroxylation is 1. The normalized spacial score (nSPS) is 11.5. The molecule has 0 radical (unpaired) electrons. The number of aromatic nitrogens is 1. The van der Waals surface area contributed by atoms with Crippen LogP contribution in [0.4, 0.5) is 4.79 Å². The highest BCUT2D eigenvalue weighted by Crippen LogP contribution is 2.24. The van der Waals surface area contributed by atoms with Crippen LogP contribution in [0, 0.1) is 6.92 Å². The lowest BCUT2D eigenvalue weighted by Crippen LogP contribution is -2.26. The second-order valence-electron chi connectivity index (χ2n) is 6.11. The van der Waals surface area contributed by atoms with Crippen LogP contribution in [-0.2, 0) is 9.47 Å². The predicted octanol–water partition coefficient (Wildman–Crippen LogP) is 3.91. The van der Waals surface area contributed by atoms with Gasteiger partial charge in [0.1, 0.15) is 5.60 Å². The quantitative estimate of drug-likeness (QED) is 0.789. The van der Waals surface area contributed by atoms with E-state index in [4.69, 9.17) is 9.47 Å². The van der Waals surface area contributed by atoms with Crippen LogP contribution < -0.4 is 0 Å². The highest BCUT2D eigenvalue weighted by molar-refractivity contribution is 5.98. The number of hydrogen-bond acceptors (Lipinski definition) is 4. The van der Waals surface area contributed by atoms with Crippen molar-refractivity contribution in [1.82, 2.24) is 4.57 Å². The molecule has 2 rings (SSSR count). The van der Waals surface area contributed by atoms with Crippen LogP contribution in [0.15, 0.2) is 24.4 Å². The Morgan fingerprint density at radius 1 is 1.23 bits per heavy atom. The van der Waals surface area contributed by atoms with Crippen molar-refractivity contribution in [2.75, 3.05) is 6.61 Å². The predicted molar refractivity (Wildman–Crippen MR) is 84.3 cm³/mol. The summed E-state index contributed by atoms with van der Waals surface area (Å²) >= 11 is 0. The number of rotatable bonds is 2. The number of benzene rings is 1. The van der Waals surface area contributed by atoms with E-state index in [0.29, 0.717) is 17.7 Å². The van der Waals surface area contributed by atoms with E-state index < -0.39 is 17.7 Å². The zero-order valence-electron chi connectivity index (χ0n) is 13.6. The monoisotopic (exact) mass is 303 g/mol. The molecule has 0 aliphatic heterocycles. The van der Waals surface area contributed by atoms with Gasteiger partial charge in [-0.1, -0.05) is 6.07 Å². The first-order valence-electron chi connectivity index (χ1n) is 7.25. The third-order valence-corrected chi connectivity index (χ3v) is 3.11. The summed E-state index contributed by atoms with van der Waals surface area (Å²) in [5.41, 5.74) is 1.41. The smallest absolute Gasteiger partial charge is 0.419 e. The molecule has 0 unspecified atom stereocenters. The molecule has 118 valence electrons. The van der Waals surface area contributed by atoms with E-state index in [-0.39, 0.29) is 0 Å². The third kappa shape index (κ3) is 3.30. The Kier molecular flexibility index (Phi) is 4.26. The van der Waals surface area contributed by atoms with Crippen molar-refractivity contribution in [1.29, 1.82) is 0 Å². The first-order chi connectivity index (χ1) is 10.2. The molecule has 0 atom stereocenters. The highest BCUT2D eigenvalue weighted by atomic mass is 16.6. The van der Waals surface area contributed by atoms with Crippen molar-refractivity contribution in [3.8, 4) is 0 Å². The van der Waals surface area contributed by atoms with Gasteiger partial charge >= 0.3 is 12.1 Å². The van der Waals surface area contributed by atoms with Crippen LogP contribution >= 0.6 is 0 Å². The van der Waals surface area contributed by atoms with E-state index in [9.17, 15) is 9.59 Å². The largest absolute Gasteiger partial charge is 0.462 e. The number of ether oxygens (including phenoxy) is 2. The molecule has 5 nitrogen and oxygen atoms in total. The standard InChI is InChI=1S/C17H21NO4/c1-6-21-15(19)12-7-8-13-11(2)10-18(14(13)9-12)16(20)22-17(3,4)5/h7-10H,6H2,1-5H3. The van der Waals surface area contributed by atoms with Crippen LogP contribution in [-0.4, -0.2) is 28.8 Å². The van der Waals surface area contributed by atoms with Crippen molar-refractivity contribution in [2.24, 2.45) is 0 Å². The minimum atomic E-state index is -0.583. The SMILES string of the molecule is CCOC(=O)c1ccc2c(C)cn(C(=O)OC(C)(C)C)c2c1. The molecule has 0 bridgehead atoms. The molecule has 0 amide bonds. The molecule has 0 N–H and O–H groups in total. The van der Waals surface area contributed by atoms with Crippen LogP contribution in [0.2, 0.25) is 0 Å². The molecule has 2 aromatic rings. The second kappa shape index (κ2) is 5.83. The fraction of sp³-hybridized carbons (Fsp3) is 0.412.